The Morgan fingerprint density at radius 2 is 1.76 bits per heavy atom. The van der Waals surface area contributed by atoms with Crippen molar-refractivity contribution in [3.8, 4) is 5.75 Å². The number of hydrogen-bond acceptors (Lipinski definition) is 4. The van der Waals surface area contributed by atoms with Gasteiger partial charge in [-0.05, 0) is 52.1 Å². The highest BCUT2D eigenvalue weighted by molar-refractivity contribution is 6.62. The SMILES string of the molecule is COc1cc(B2OC(C)(C)C(C)(C)O2)ccc1CC(=O)N1CCCC1. The third-order valence-corrected chi connectivity index (χ3v) is 5.64. The molecule has 6 heteroatoms. The van der Waals surface area contributed by atoms with Gasteiger partial charge in [-0.1, -0.05) is 12.1 Å². The Morgan fingerprint density at radius 3 is 2.32 bits per heavy atom. The monoisotopic (exact) mass is 345 g/mol. The maximum Gasteiger partial charge on any atom is 0.494 e. The minimum atomic E-state index is -0.428. The Balaban J connectivity index is 1.77. The van der Waals surface area contributed by atoms with E-state index in [-0.39, 0.29) is 17.1 Å². The van der Waals surface area contributed by atoms with Crippen molar-refractivity contribution >= 4 is 18.5 Å². The summed E-state index contributed by atoms with van der Waals surface area (Å²) < 4.78 is 17.7. The number of ether oxygens (including phenoxy) is 1. The number of nitrogens with zero attached hydrogens (tertiary/aromatic N) is 1. The highest BCUT2D eigenvalue weighted by Gasteiger charge is 2.51. The van der Waals surface area contributed by atoms with Crippen molar-refractivity contribution < 1.29 is 18.8 Å². The number of rotatable bonds is 4. The topological polar surface area (TPSA) is 48.0 Å². The molecule has 3 rings (SSSR count). The molecule has 0 aliphatic carbocycles. The van der Waals surface area contributed by atoms with Gasteiger partial charge in [0, 0.05) is 18.7 Å². The summed E-state index contributed by atoms with van der Waals surface area (Å²) in [6, 6.07) is 5.85. The Labute approximate surface area is 150 Å². The van der Waals surface area contributed by atoms with Crippen molar-refractivity contribution in [1.29, 1.82) is 0 Å². The Kier molecular flexibility index (Phi) is 4.86. The molecule has 2 saturated heterocycles. The molecule has 25 heavy (non-hydrogen) atoms. The predicted octanol–water partition coefficient (Wildman–Crippen LogP) is 2.16. The summed E-state index contributed by atoms with van der Waals surface area (Å²) >= 11 is 0. The summed E-state index contributed by atoms with van der Waals surface area (Å²) in [5.41, 5.74) is 1.05. The lowest BCUT2D eigenvalue weighted by Gasteiger charge is -2.32. The van der Waals surface area contributed by atoms with Crippen LogP contribution in [0.5, 0.6) is 5.75 Å². The van der Waals surface area contributed by atoms with Crippen LogP contribution < -0.4 is 10.2 Å². The first-order valence-corrected chi connectivity index (χ1v) is 9.04. The van der Waals surface area contributed by atoms with Crippen molar-refractivity contribution in [3.05, 3.63) is 23.8 Å². The first kappa shape index (κ1) is 18.3. The maximum atomic E-state index is 12.4. The van der Waals surface area contributed by atoms with Gasteiger partial charge < -0.3 is 18.9 Å². The van der Waals surface area contributed by atoms with Gasteiger partial charge in [0.2, 0.25) is 5.91 Å². The predicted molar refractivity (Wildman–Crippen MR) is 98.2 cm³/mol. The number of likely N-dealkylation sites (tertiary alicyclic amines) is 1. The van der Waals surface area contributed by atoms with Crippen LogP contribution in [0.3, 0.4) is 0 Å². The number of benzene rings is 1. The average molecular weight is 345 g/mol. The van der Waals surface area contributed by atoms with Crippen LogP contribution in [-0.4, -0.2) is 49.3 Å². The lowest BCUT2D eigenvalue weighted by Crippen LogP contribution is -2.41. The molecule has 0 spiro atoms. The third kappa shape index (κ3) is 3.56. The van der Waals surface area contributed by atoms with E-state index < -0.39 is 7.12 Å². The van der Waals surface area contributed by atoms with E-state index in [1.807, 2.05) is 50.8 Å². The van der Waals surface area contributed by atoms with Crippen LogP contribution >= 0.6 is 0 Å². The molecule has 0 unspecified atom stereocenters. The molecule has 1 aromatic carbocycles. The minimum Gasteiger partial charge on any atom is -0.496 e. The molecule has 1 aromatic rings. The zero-order valence-electron chi connectivity index (χ0n) is 15.9. The number of amides is 1. The molecule has 1 amide bonds. The van der Waals surface area contributed by atoms with E-state index in [0.29, 0.717) is 12.2 Å². The molecule has 0 N–H and O–H groups in total. The summed E-state index contributed by atoms with van der Waals surface area (Å²) in [5.74, 6) is 0.874. The first-order chi connectivity index (χ1) is 11.7. The van der Waals surface area contributed by atoms with E-state index in [1.165, 1.54) is 0 Å². The van der Waals surface area contributed by atoms with E-state index >= 15 is 0 Å². The Morgan fingerprint density at radius 1 is 1.16 bits per heavy atom. The van der Waals surface area contributed by atoms with Gasteiger partial charge in [-0.25, -0.2) is 0 Å². The zero-order chi connectivity index (χ0) is 18.2. The lowest BCUT2D eigenvalue weighted by molar-refractivity contribution is -0.129. The van der Waals surface area contributed by atoms with Crippen molar-refractivity contribution in [2.75, 3.05) is 20.2 Å². The molecule has 0 aromatic heterocycles. The van der Waals surface area contributed by atoms with Crippen molar-refractivity contribution in [2.24, 2.45) is 0 Å². The largest absolute Gasteiger partial charge is 0.496 e. The molecule has 2 aliphatic heterocycles. The van der Waals surface area contributed by atoms with Crippen LogP contribution in [0.2, 0.25) is 0 Å². The fourth-order valence-corrected chi connectivity index (χ4v) is 3.27. The normalized spacial score (nSPS) is 21.6. The number of carbonyl (C=O) groups is 1. The van der Waals surface area contributed by atoms with Crippen molar-refractivity contribution in [3.63, 3.8) is 0 Å². The molecule has 0 bridgehead atoms. The fourth-order valence-electron chi connectivity index (χ4n) is 3.27. The van der Waals surface area contributed by atoms with Gasteiger partial charge in [0.05, 0.1) is 24.7 Å². The standard InChI is InChI=1S/C19H28BNO4/c1-18(2)19(3,4)25-20(24-18)15-9-8-14(16(13-15)23-5)12-17(22)21-10-6-7-11-21/h8-9,13H,6-7,10-12H2,1-5H3. The minimum absolute atomic E-state index is 0.166. The van der Waals surface area contributed by atoms with Gasteiger partial charge in [0.25, 0.3) is 0 Å². The van der Waals surface area contributed by atoms with Crippen LogP contribution in [0.4, 0.5) is 0 Å². The van der Waals surface area contributed by atoms with Gasteiger partial charge in [0.15, 0.2) is 0 Å². The summed E-state index contributed by atoms with van der Waals surface area (Å²) in [5, 5.41) is 0. The number of carbonyl (C=O) groups excluding carboxylic acids is 1. The second-order valence-corrected chi connectivity index (χ2v) is 7.92. The van der Waals surface area contributed by atoms with Gasteiger partial charge in [-0.3, -0.25) is 4.79 Å². The summed E-state index contributed by atoms with van der Waals surface area (Å²) in [4.78, 5) is 14.3. The fraction of sp³-hybridized carbons (Fsp3) is 0.632. The summed E-state index contributed by atoms with van der Waals surface area (Å²) in [6.07, 6.45) is 2.57. The molecule has 0 radical (unpaired) electrons. The van der Waals surface area contributed by atoms with Gasteiger partial charge in [-0.15, -0.1) is 0 Å². The third-order valence-electron chi connectivity index (χ3n) is 5.64. The molecule has 0 saturated carbocycles. The second kappa shape index (κ2) is 6.65. The van der Waals surface area contributed by atoms with Gasteiger partial charge in [0.1, 0.15) is 5.75 Å². The van der Waals surface area contributed by atoms with Crippen LogP contribution in [0.1, 0.15) is 46.1 Å². The quantitative estimate of drug-likeness (QED) is 0.785. The van der Waals surface area contributed by atoms with Crippen LogP contribution in [-0.2, 0) is 20.5 Å². The van der Waals surface area contributed by atoms with Crippen LogP contribution in [0, 0.1) is 0 Å². The smallest absolute Gasteiger partial charge is 0.494 e. The van der Waals surface area contributed by atoms with E-state index in [9.17, 15) is 4.79 Å². The molecular formula is C19H28BNO4. The van der Waals surface area contributed by atoms with Crippen LogP contribution in [0.15, 0.2) is 18.2 Å². The molecule has 0 atom stereocenters. The Bertz CT molecular complexity index is 637. The van der Waals surface area contributed by atoms with E-state index in [0.717, 1.165) is 37.0 Å². The van der Waals surface area contributed by atoms with E-state index in [1.54, 1.807) is 7.11 Å². The van der Waals surface area contributed by atoms with Crippen molar-refractivity contribution in [2.45, 2.75) is 58.2 Å². The van der Waals surface area contributed by atoms with Crippen molar-refractivity contribution in [1.82, 2.24) is 4.90 Å². The maximum absolute atomic E-state index is 12.4. The molecule has 5 nitrogen and oxygen atoms in total. The molecule has 136 valence electrons. The first-order valence-electron chi connectivity index (χ1n) is 9.04. The van der Waals surface area contributed by atoms with Gasteiger partial charge >= 0.3 is 7.12 Å². The number of hydrogen-bond donors (Lipinski definition) is 0. The lowest BCUT2D eigenvalue weighted by atomic mass is 9.78. The average Bonchev–Trinajstić information content (AvgIpc) is 3.14. The van der Waals surface area contributed by atoms with Crippen LogP contribution in [0.25, 0.3) is 0 Å². The summed E-state index contributed by atoms with van der Waals surface area (Å²) in [7, 11) is 1.20. The zero-order valence-corrected chi connectivity index (χ0v) is 15.9. The summed E-state index contributed by atoms with van der Waals surface area (Å²) in [6.45, 7) is 9.88. The highest BCUT2D eigenvalue weighted by atomic mass is 16.7. The van der Waals surface area contributed by atoms with Gasteiger partial charge in [-0.2, -0.15) is 0 Å². The molecule has 2 heterocycles. The molecule has 2 fully saturated rings. The molecule has 2 aliphatic rings. The van der Waals surface area contributed by atoms with E-state index in [2.05, 4.69) is 0 Å². The highest BCUT2D eigenvalue weighted by Crippen LogP contribution is 2.36. The number of methoxy groups -OCH3 is 1. The van der Waals surface area contributed by atoms with E-state index in [4.69, 9.17) is 14.0 Å². The second-order valence-electron chi connectivity index (χ2n) is 7.92. The molecular weight excluding hydrogens is 317 g/mol. The Hall–Kier alpha value is -1.53.